The number of rotatable bonds is 0. The fraction of sp³-hybridized carbons (Fsp3) is 1.00. The molecule has 0 aromatic heterocycles. The third kappa shape index (κ3) is 0.980. The Balaban J connectivity index is 1.95. The lowest BCUT2D eigenvalue weighted by atomic mass is 9.73. The second kappa shape index (κ2) is 2.94. The Bertz CT molecular complexity index is 232. The van der Waals surface area contributed by atoms with Crippen molar-refractivity contribution in [2.75, 3.05) is 13.2 Å². The van der Waals surface area contributed by atoms with E-state index in [1.54, 1.807) is 0 Å². The van der Waals surface area contributed by atoms with E-state index in [0.29, 0.717) is 19.1 Å². The molecule has 1 aliphatic heterocycles. The minimum atomic E-state index is -0.679. The second-order valence-electron chi connectivity index (χ2n) is 4.86. The Hall–Kier alpha value is -0.120. The van der Waals surface area contributed by atoms with Crippen molar-refractivity contribution in [3.63, 3.8) is 0 Å². The largest absolute Gasteiger partial charge is 0.384 e. The molecule has 1 N–H and O–H groups in total. The summed E-state index contributed by atoms with van der Waals surface area (Å²) in [4.78, 5) is 0. The summed E-state index contributed by atoms with van der Waals surface area (Å²) >= 11 is 0. The maximum Gasteiger partial charge on any atom is 0.197 e. The molecule has 0 bridgehead atoms. The molecule has 3 aliphatic rings. The molecule has 1 spiro atoms. The zero-order valence-electron chi connectivity index (χ0n) is 8.50. The fourth-order valence-corrected chi connectivity index (χ4v) is 3.59. The van der Waals surface area contributed by atoms with Gasteiger partial charge >= 0.3 is 0 Å². The van der Waals surface area contributed by atoms with Crippen LogP contribution in [0.4, 0.5) is 0 Å². The predicted molar refractivity (Wildman–Crippen MR) is 50.8 cm³/mol. The van der Waals surface area contributed by atoms with Gasteiger partial charge in [-0.25, -0.2) is 0 Å². The van der Waals surface area contributed by atoms with E-state index in [4.69, 9.17) is 9.47 Å². The number of hydrogen-bond donors (Lipinski definition) is 1. The first-order valence-corrected chi connectivity index (χ1v) is 5.77. The van der Waals surface area contributed by atoms with Gasteiger partial charge in [0.15, 0.2) is 5.79 Å². The van der Waals surface area contributed by atoms with Gasteiger partial charge in [0.2, 0.25) is 0 Å². The predicted octanol–water partition coefficient (Wildman–Crippen LogP) is 1.44. The summed E-state index contributed by atoms with van der Waals surface area (Å²) in [6.07, 6.45) is 6.27. The van der Waals surface area contributed by atoms with E-state index in [1.165, 1.54) is 0 Å². The molecule has 3 rings (SSSR count). The van der Waals surface area contributed by atoms with Crippen molar-refractivity contribution in [3.8, 4) is 0 Å². The van der Waals surface area contributed by atoms with Crippen molar-refractivity contribution in [2.24, 2.45) is 5.92 Å². The van der Waals surface area contributed by atoms with E-state index < -0.39 is 11.4 Å². The van der Waals surface area contributed by atoms with Gasteiger partial charge in [-0.15, -0.1) is 0 Å². The molecule has 0 radical (unpaired) electrons. The van der Waals surface area contributed by atoms with E-state index in [2.05, 4.69) is 0 Å². The summed E-state index contributed by atoms with van der Waals surface area (Å²) in [6, 6.07) is 0. The van der Waals surface area contributed by atoms with E-state index in [1.807, 2.05) is 0 Å². The first-order chi connectivity index (χ1) is 6.77. The van der Waals surface area contributed by atoms with E-state index in [-0.39, 0.29) is 0 Å². The smallest absolute Gasteiger partial charge is 0.197 e. The SMILES string of the molecule is O[C@@]12CCC[C@@H]1CCCC21OCCO1. The quantitative estimate of drug-likeness (QED) is 0.640. The molecule has 0 amide bonds. The Kier molecular flexibility index (Phi) is 1.92. The van der Waals surface area contributed by atoms with Crippen LogP contribution in [0.5, 0.6) is 0 Å². The Morgan fingerprint density at radius 1 is 1.00 bits per heavy atom. The van der Waals surface area contributed by atoms with Crippen LogP contribution in [-0.4, -0.2) is 29.7 Å². The highest BCUT2D eigenvalue weighted by atomic mass is 16.7. The maximum atomic E-state index is 10.7. The van der Waals surface area contributed by atoms with Gasteiger partial charge in [0, 0.05) is 6.42 Å². The molecule has 0 aromatic rings. The molecule has 3 nitrogen and oxygen atoms in total. The van der Waals surface area contributed by atoms with Crippen LogP contribution in [0.1, 0.15) is 38.5 Å². The fourth-order valence-electron chi connectivity index (χ4n) is 3.59. The molecule has 2 saturated carbocycles. The van der Waals surface area contributed by atoms with Gasteiger partial charge in [-0.2, -0.15) is 0 Å². The van der Waals surface area contributed by atoms with Crippen molar-refractivity contribution >= 4 is 0 Å². The lowest BCUT2D eigenvalue weighted by Crippen LogP contribution is -2.59. The van der Waals surface area contributed by atoms with Crippen molar-refractivity contribution in [1.82, 2.24) is 0 Å². The Morgan fingerprint density at radius 3 is 2.36 bits per heavy atom. The first kappa shape index (κ1) is 9.13. The molecule has 3 fully saturated rings. The molecule has 1 saturated heterocycles. The molecule has 1 heterocycles. The summed E-state index contributed by atoms with van der Waals surface area (Å²) in [5, 5.41) is 10.7. The highest BCUT2D eigenvalue weighted by Gasteiger charge is 2.62. The second-order valence-corrected chi connectivity index (χ2v) is 4.86. The normalized spacial score (nSPS) is 45.6. The molecular weight excluding hydrogens is 180 g/mol. The minimum absolute atomic E-state index is 0.411. The van der Waals surface area contributed by atoms with Gasteiger partial charge in [0.25, 0.3) is 0 Å². The lowest BCUT2D eigenvalue weighted by Gasteiger charge is -2.47. The van der Waals surface area contributed by atoms with Crippen LogP contribution in [0.2, 0.25) is 0 Å². The zero-order valence-corrected chi connectivity index (χ0v) is 8.50. The molecule has 80 valence electrons. The van der Waals surface area contributed by atoms with Gasteiger partial charge in [-0.3, -0.25) is 0 Å². The van der Waals surface area contributed by atoms with Gasteiger partial charge in [-0.05, 0) is 38.0 Å². The van der Waals surface area contributed by atoms with Crippen molar-refractivity contribution < 1.29 is 14.6 Å². The van der Waals surface area contributed by atoms with E-state index in [0.717, 1.165) is 38.5 Å². The standard InChI is InChI=1S/C11H18O3/c12-10-5-1-3-9(10)4-2-6-11(10)13-7-8-14-11/h9,12H,1-8H2/t9-,10+/m1/s1. The summed E-state index contributed by atoms with van der Waals surface area (Å²) in [6.45, 7) is 1.30. The molecule has 3 heteroatoms. The molecule has 0 aromatic carbocycles. The van der Waals surface area contributed by atoms with Crippen LogP contribution in [0.25, 0.3) is 0 Å². The number of aliphatic hydroxyl groups is 1. The van der Waals surface area contributed by atoms with Crippen LogP contribution >= 0.6 is 0 Å². The van der Waals surface area contributed by atoms with Gasteiger partial charge in [0.1, 0.15) is 5.60 Å². The van der Waals surface area contributed by atoms with Gasteiger partial charge in [0.05, 0.1) is 13.2 Å². The van der Waals surface area contributed by atoms with Crippen LogP contribution in [0, 0.1) is 5.92 Å². The molecule has 2 atom stereocenters. The van der Waals surface area contributed by atoms with Crippen molar-refractivity contribution in [2.45, 2.75) is 49.9 Å². The number of hydrogen-bond acceptors (Lipinski definition) is 3. The summed E-state index contributed by atoms with van der Waals surface area (Å²) in [7, 11) is 0. The number of fused-ring (bicyclic) bond motifs is 2. The third-order valence-corrected chi connectivity index (χ3v) is 4.26. The molecule has 2 aliphatic carbocycles. The molecule has 0 unspecified atom stereocenters. The molecular formula is C11H18O3. The average molecular weight is 198 g/mol. The highest BCUT2D eigenvalue weighted by Crippen LogP contribution is 2.53. The Morgan fingerprint density at radius 2 is 1.64 bits per heavy atom. The summed E-state index contributed by atoms with van der Waals surface area (Å²) in [5.41, 5.74) is -0.679. The van der Waals surface area contributed by atoms with Crippen LogP contribution < -0.4 is 0 Å². The first-order valence-electron chi connectivity index (χ1n) is 5.77. The van der Waals surface area contributed by atoms with Crippen LogP contribution in [-0.2, 0) is 9.47 Å². The third-order valence-electron chi connectivity index (χ3n) is 4.26. The maximum absolute atomic E-state index is 10.7. The van der Waals surface area contributed by atoms with Crippen LogP contribution in [0.3, 0.4) is 0 Å². The van der Waals surface area contributed by atoms with Crippen molar-refractivity contribution in [1.29, 1.82) is 0 Å². The van der Waals surface area contributed by atoms with Gasteiger partial charge < -0.3 is 14.6 Å². The van der Waals surface area contributed by atoms with E-state index >= 15 is 0 Å². The number of ether oxygens (including phenoxy) is 2. The topological polar surface area (TPSA) is 38.7 Å². The Labute approximate surface area is 84.4 Å². The minimum Gasteiger partial charge on any atom is -0.384 e. The summed E-state index contributed by atoms with van der Waals surface area (Å²) < 4.78 is 11.5. The van der Waals surface area contributed by atoms with Crippen LogP contribution in [0.15, 0.2) is 0 Å². The average Bonchev–Trinajstić information content (AvgIpc) is 2.76. The van der Waals surface area contributed by atoms with E-state index in [9.17, 15) is 5.11 Å². The molecule has 14 heavy (non-hydrogen) atoms. The summed E-state index contributed by atoms with van der Waals surface area (Å²) in [5.74, 6) is -0.221. The highest BCUT2D eigenvalue weighted by molar-refractivity contribution is 5.07. The zero-order chi connectivity index (χ0) is 9.65. The van der Waals surface area contributed by atoms with Gasteiger partial charge in [-0.1, -0.05) is 0 Å². The lowest BCUT2D eigenvalue weighted by molar-refractivity contribution is -0.296. The van der Waals surface area contributed by atoms with Crippen molar-refractivity contribution in [3.05, 3.63) is 0 Å². The monoisotopic (exact) mass is 198 g/mol.